The Hall–Kier alpha value is -0.385. The quantitative estimate of drug-likeness (QED) is 0.743. The van der Waals surface area contributed by atoms with Crippen LogP contribution in [0.25, 0.3) is 0 Å². The van der Waals surface area contributed by atoms with Crippen LogP contribution in [-0.2, 0) is 9.31 Å². The summed E-state index contributed by atoms with van der Waals surface area (Å²) in [4.78, 5) is 0. The maximum Gasteiger partial charge on any atom is 0.497 e. The fourth-order valence-electron chi connectivity index (χ4n) is 1.67. The normalized spacial score (nSPS) is 21.9. The van der Waals surface area contributed by atoms with Gasteiger partial charge in [-0.25, -0.2) is 4.39 Å². The van der Waals surface area contributed by atoms with E-state index in [2.05, 4.69) is 15.9 Å². The monoisotopic (exact) mass is 300 g/mol. The van der Waals surface area contributed by atoms with Gasteiger partial charge in [0.05, 0.1) is 15.7 Å². The van der Waals surface area contributed by atoms with Gasteiger partial charge in [-0.1, -0.05) is 12.1 Å². The Morgan fingerprint density at radius 2 is 1.65 bits per heavy atom. The van der Waals surface area contributed by atoms with Crippen LogP contribution in [0.15, 0.2) is 22.7 Å². The van der Waals surface area contributed by atoms with Gasteiger partial charge in [0.25, 0.3) is 0 Å². The van der Waals surface area contributed by atoms with Crippen molar-refractivity contribution in [1.29, 1.82) is 0 Å². The van der Waals surface area contributed by atoms with Crippen LogP contribution in [0.5, 0.6) is 0 Å². The topological polar surface area (TPSA) is 18.5 Å². The lowest BCUT2D eigenvalue weighted by atomic mass is 9.79. The second-order valence-corrected chi connectivity index (χ2v) is 6.09. The minimum Gasteiger partial charge on any atom is -0.399 e. The Morgan fingerprint density at radius 3 is 2.18 bits per heavy atom. The van der Waals surface area contributed by atoms with Crippen molar-refractivity contribution in [2.75, 3.05) is 0 Å². The summed E-state index contributed by atoms with van der Waals surface area (Å²) in [5, 5.41) is 0. The van der Waals surface area contributed by atoms with Gasteiger partial charge in [-0.05, 0) is 49.7 Å². The first-order valence-electron chi connectivity index (χ1n) is 5.54. The van der Waals surface area contributed by atoms with Crippen LogP contribution in [0.3, 0.4) is 0 Å². The van der Waals surface area contributed by atoms with Crippen molar-refractivity contribution in [2.45, 2.75) is 38.9 Å². The number of hydrogen-bond acceptors (Lipinski definition) is 2. The zero-order chi connectivity index (χ0) is 12.8. The van der Waals surface area contributed by atoms with Crippen molar-refractivity contribution >= 4 is 28.5 Å². The Bertz CT molecular complexity index is 432. The Balaban J connectivity index is 2.36. The molecule has 0 bridgehead atoms. The molecule has 0 saturated carbocycles. The highest BCUT2D eigenvalue weighted by Crippen LogP contribution is 2.36. The van der Waals surface area contributed by atoms with E-state index in [-0.39, 0.29) is 5.82 Å². The van der Waals surface area contributed by atoms with E-state index < -0.39 is 18.3 Å². The first-order chi connectivity index (χ1) is 7.74. The lowest BCUT2D eigenvalue weighted by Crippen LogP contribution is -2.41. The number of rotatable bonds is 1. The van der Waals surface area contributed by atoms with E-state index in [1.807, 2.05) is 27.7 Å². The van der Waals surface area contributed by atoms with E-state index in [4.69, 9.17) is 9.31 Å². The van der Waals surface area contributed by atoms with Crippen LogP contribution in [0.2, 0.25) is 0 Å². The molecule has 0 atom stereocenters. The Labute approximate surface area is 110 Å². The zero-order valence-corrected chi connectivity index (χ0v) is 12.0. The summed E-state index contributed by atoms with van der Waals surface area (Å²) >= 11 is 3.16. The predicted molar refractivity (Wildman–Crippen MR) is 69.8 cm³/mol. The first-order valence-corrected chi connectivity index (χ1v) is 6.33. The molecule has 0 spiro atoms. The largest absolute Gasteiger partial charge is 0.497 e. The van der Waals surface area contributed by atoms with Gasteiger partial charge in [0.15, 0.2) is 0 Å². The highest BCUT2D eigenvalue weighted by atomic mass is 79.9. The van der Waals surface area contributed by atoms with E-state index in [9.17, 15) is 4.39 Å². The summed E-state index contributed by atoms with van der Waals surface area (Å²) in [6, 6.07) is 5.11. The summed E-state index contributed by atoms with van der Waals surface area (Å²) < 4.78 is 26.0. The molecule has 0 aromatic heterocycles. The van der Waals surface area contributed by atoms with Gasteiger partial charge < -0.3 is 9.31 Å². The maximum atomic E-state index is 14.0. The molecule has 2 nitrogen and oxygen atoms in total. The summed E-state index contributed by atoms with van der Waals surface area (Å²) in [7, 11) is -0.655. The third kappa shape index (κ3) is 2.16. The van der Waals surface area contributed by atoms with E-state index in [0.29, 0.717) is 9.94 Å². The van der Waals surface area contributed by atoms with E-state index in [0.717, 1.165) is 0 Å². The SMILES string of the molecule is CC1(C)OB(c2cccc(Br)c2F)OC1(C)C. The standard InChI is InChI=1S/C12H15BBrFO2/c1-11(2)12(3,4)17-13(16-11)8-6-5-7-9(14)10(8)15/h5-7H,1-4H3. The number of hydrogen-bond donors (Lipinski definition) is 0. The molecule has 17 heavy (non-hydrogen) atoms. The molecule has 92 valence electrons. The van der Waals surface area contributed by atoms with Crippen LogP contribution in [0, 0.1) is 5.82 Å². The van der Waals surface area contributed by atoms with Crippen LogP contribution in [0.4, 0.5) is 4.39 Å². The van der Waals surface area contributed by atoms with Gasteiger partial charge in [-0.3, -0.25) is 0 Å². The fourth-order valence-corrected chi connectivity index (χ4v) is 2.05. The van der Waals surface area contributed by atoms with Crippen molar-refractivity contribution in [3.8, 4) is 0 Å². The van der Waals surface area contributed by atoms with Crippen LogP contribution >= 0.6 is 15.9 Å². The molecule has 0 N–H and O–H groups in total. The lowest BCUT2D eigenvalue weighted by molar-refractivity contribution is 0.00578. The second-order valence-electron chi connectivity index (χ2n) is 5.23. The van der Waals surface area contributed by atoms with Gasteiger partial charge in [0.1, 0.15) is 5.82 Å². The van der Waals surface area contributed by atoms with Crippen molar-refractivity contribution in [3.63, 3.8) is 0 Å². The third-order valence-electron chi connectivity index (χ3n) is 3.49. The molecule has 1 aromatic rings. The van der Waals surface area contributed by atoms with Crippen molar-refractivity contribution < 1.29 is 13.7 Å². The molecule has 1 saturated heterocycles. The Kier molecular flexibility index (Phi) is 3.13. The smallest absolute Gasteiger partial charge is 0.399 e. The zero-order valence-electron chi connectivity index (χ0n) is 10.4. The van der Waals surface area contributed by atoms with Gasteiger partial charge in [-0.15, -0.1) is 0 Å². The van der Waals surface area contributed by atoms with E-state index in [1.54, 1.807) is 18.2 Å². The molecular formula is C12H15BBrFO2. The molecule has 1 aliphatic rings. The van der Waals surface area contributed by atoms with Gasteiger partial charge >= 0.3 is 7.12 Å². The molecule has 1 heterocycles. The summed E-state index contributed by atoms with van der Waals surface area (Å²) in [5.41, 5.74) is -0.475. The predicted octanol–water partition coefficient (Wildman–Crippen LogP) is 2.89. The van der Waals surface area contributed by atoms with Crippen LogP contribution in [-0.4, -0.2) is 18.3 Å². The molecule has 0 aliphatic carbocycles. The fraction of sp³-hybridized carbons (Fsp3) is 0.500. The van der Waals surface area contributed by atoms with Gasteiger partial charge in [0, 0.05) is 5.46 Å². The Morgan fingerprint density at radius 1 is 1.12 bits per heavy atom. The average molecular weight is 301 g/mol. The molecule has 0 unspecified atom stereocenters. The van der Waals surface area contributed by atoms with E-state index >= 15 is 0 Å². The van der Waals surface area contributed by atoms with Crippen molar-refractivity contribution in [1.82, 2.24) is 0 Å². The van der Waals surface area contributed by atoms with Gasteiger partial charge in [0.2, 0.25) is 0 Å². The molecule has 2 rings (SSSR count). The highest BCUT2D eigenvalue weighted by molar-refractivity contribution is 9.10. The van der Waals surface area contributed by atoms with Crippen LogP contribution < -0.4 is 5.46 Å². The third-order valence-corrected chi connectivity index (χ3v) is 4.10. The second kappa shape index (κ2) is 4.07. The summed E-state index contributed by atoms with van der Waals surface area (Å²) in [5.74, 6) is -0.328. The molecule has 1 aliphatic heterocycles. The molecule has 0 amide bonds. The minimum absolute atomic E-state index is 0.328. The average Bonchev–Trinajstić information content (AvgIpc) is 2.40. The molecule has 1 aromatic carbocycles. The lowest BCUT2D eigenvalue weighted by Gasteiger charge is -2.32. The molecule has 5 heteroatoms. The van der Waals surface area contributed by atoms with Crippen LogP contribution in [0.1, 0.15) is 27.7 Å². The summed E-state index contributed by atoms with van der Waals surface area (Å²) in [6.45, 7) is 7.79. The van der Waals surface area contributed by atoms with E-state index in [1.165, 1.54) is 0 Å². The maximum absolute atomic E-state index is 14.0. The molecule has 0 radical (unpaired) electrons. The molecule has 1 fully saturated rings. The summed E-state index contributed by atoms with van der Waals surface area (Å²) in [6.07, 6.45) is 0. The van der Waals surface area contributed by atoms with Crippen molar-refractivity contribution in [2.24, 2.45) is 0 Å². The van der Waals surface area contributed by atoms with Crippen molar-refractivity contribution in [3.05, 3.63) is 28.5 Å². The minimum atomic E-state index is -0.655. The van der Waals surface area contributed by atoms with Gasteiger partial charge in [-0.2, -0.15) is 0 Å². The first kappa shape index (κ1) is 13.1. The number of benzene rings is 1. The highest BCUT2D eigenvalue weighted by Gasteiger charge is 2.52. The molecular weight excluding hydrogens is 286 g/mol. The number of halogens is 2.